The highest BCUT2D eigenvalue weighted by molar-refractivity contribution is 7.12. The normalized spacial score (nSPS) is 10.1. The maximum absolute atomic E-state index is 13.5. The lowest BCUT2D eigenvalue weighted by Crippen LogP contribution is -2.11. The van der Waals surface area contributed by atoms with Gasteiger partial charge in [0.15, 0.2) is 0 Å². The van der Waals surface area contributed by atoms with E-state index >= 15 is 0 Å². The molecule has 0 unspecified atom stereocenters. The Hall–Kier alpha value is -2.08. The molecule has 1 aromatic carbocycles. The van der Waals surface area contributed by atoms with E-state index < -0.39 is 5.82 Å². The Morgan fingerprint density at radius 2 is 2.22 bits per heavy atom. The van der Waals surface area contributed by atoms with Crippen LogP contribution < -0.4 is 15.8 Å². The average molecular weight is 266 g/mol. The Morgan fingerprint density at radius 1 is 1.44 bits per heavy atom. The summed E-state index contributed by atoms with van der Waals surface area (Å²) in [5.74, 6) is -0.346. The number of nitrogens with two attached hydrogens (primary N) is 1. The number of methoxy groups -OCH3 is 1. The van der Waals surface area contributed by atoms with Crippen molar-refractivity contribution in [2.75, 3.05) is 18.2 Å². The summed E-state index contributed by atoms with van der Waals surface area (Å²) in [5, 5.41) is 4.18. The number of hydrogen-bond acceptors (Lipinski definition) is 4. The summed E-state index contributed by atoms with van der Waals surface area (Å²) in [6.07, 6.45) is 0. The second kappa shape index (κ2) is 5.05. The molecule has 1 amide bonds. The number of carbonyl (C=O) groups is 1. The quantitative estimate of drug-likeness (QED) is 0.839. The highest BCUT2D eigenvalue weighted by atomic mass is 32.1. The van der Waals surface area contributed by atoms with Crippen molar-refractivity contribution in [1.29, 1.82) is 0 Å². The summed E-state index contributed by atoms with van der Waals surface area (Å²) >= 11 is 1.23. The topological polar surface area (TPSA) is 64.3 Å². The number of halogens is 1. The van der Waals surface area contributed by atoms with Crippen LogP contribution in [0.15, 0.2) is 29.6 Å². The molecule has 0 spiro atoms. The predicted molar refractivity (Wildman–Crippen MR) is 69.6 cm³/mol. The summed E-state index contributed by atoms with van der Waals surface area (Å²) < 4.78 is 18.5. The summed E-state index contributed by atoms with van der Waals surface area (Å²) in [6, 6.07) is 5.70. The van der Waals surface area contributed by atoms with Crippen LogP contribution in [0.5, 0.6) is 5.75 Å². The largest absolute Gasteiger partial charge is 0.496 e. The number of ether oxygens (including phenoxy) is 1. The zero-order valence-electron chi connectivity index (χ0n) is 9.57. The zero-order valence-corrected chi connectivity index (χ0v) is 10.4. The first-order valence-corrected chi connectivity index (χ1v) is 5.97. The van der Waals surface area contributed by atoms with E-state index in [4.69, 9.17) is 10.5 Å². The summed E-state index contributed by atoms with van der Waals surface area (Å²) in [5.41, 5.74) is 5.83. The van der Waals surface area contributed by atoms with Gasteiger partial charge in [-0.15, -0.1) is 11.3 Å². The standard InChI is InChI=1S/C12H11FN2O2S/c1-17-8-5-11(18-6-8)12(16)15-10-3-2-7(14)4-9(10)13/h2-6H,14H2,1H3,(H,15,16). The van der Waals surface area contributed by atoms with Crippen LogP contribution in [0.2, 0.25) is 0 Å². The van der Waals surface area contributed by atoms with Crippen LogP contribution >= 0.6 is 11.3 Å². The van der Waals surface area contributed by atoms with Crippen molar-refractivity contribution in [3.63, 3.8) is 0 Å². The fourth-order valence-electron chi connectivity index (χ4n) is 1.36. The van der Waals surface area contributed by atoms with E-state index in [1.165, 1.54) is 30.6 Å². The Bertz CT molecular complexity index is 583. The number of nitrogen functional groups attached to an aromatic ring is 1. The van der Waals surface area contributed by atoms with Crippen LogP contribution in [0, 0.1) is 5.82 Å². The average Bonchev–Trinajstić information content (AvgIpc) is 2.81. The molecule has 3 N–H and O–H groups in total. The first-order chi connectivity index (χ1) is 8.60. The predicted octanol–water partition coefficient (Wildman–Crippen LogP) is 2.73. The first kappa shape index (κ1) is 12.4. The fraction of sp³-hybridized carbons (Fsp3) is 0.0833. The molecule has 0 saturated heterocycles. The molecule has 2 aromatic rings. The minimum Gasteiger partial charge on any atom is -0.496 e. The monoisotopic (exact) mass is 266 g/mol. The molecule has 0 atom stereocenters. The second-order valence-corrected chi connectivity index (χ2v) is 4.46. The van der Waals surface area contributed by atoms with Crippen LogP contribution in [0.4, 0.5) is 15.8 Å². The molecular formula is C12H11FN2O2S. The molecule has 1 aromatic heterocycles. The number of benzene rings is 1. The Balaban J connectivity index is 2.16. The molecule has 2 rings (SSSR count). The molecule has 6 heteroatoms. The third-order valence-electron chi connectivity index (χ3n) is 2.28. The van der Waals surface area contributed by atoms with Gasteiger partial charge in [-0.3, -0.25) is 4.79 Å². The van der Waals surface area contributed by atoms with Crippen molar-refractivity contribution in [3.05, 3.63) is 40.3 Å². The van der Waals surface area contributed by atoms with Crippen molar-refractivity contribution in [2.24, 2.45) is 0 Å². The van der Waals surface area contributed by atoms with Gasteiger partial charge in [0.1, 0.15) is 11.6 Å². The van der Waals surface area contributed by atoms with Gasteiger partial charge < -0.3 is 15.8 Å². The van der Waals surface area contributed by atoms with Gasteiger partial charge in [-0.1, -0.05) is 0 Å². The van der Waals surface area contributed by atoms with Crippen LogP contribution in [0.3, 0.4) is 0 Å². The number of hydrogen-bond donors (Lipinski definition) is 2. The van der Waals surface area contributed by atoms with E-state index in [1.54, 1.807) is 11.4 Å². The van der Waals surface area contributed by atoms with E-state index in [-0.39, 0.29) is 11.6 Å². The number of anilines is 2. The van der Waals surface area contributed by atoms with Gasteiger partial charge >= 0.3 is 0 Å². The smallest absolute Gasteiger partial charge is 0.265 e. The van der Waals surface area contributed by atoms with Gasteiger partial charge in [-0.2, -0.15) is 0 Å². The van der Waals surface area contributed by atoms with Gasteiger partial charge in [0, 0.05) is 17.1 Å². The lowest BCUT2D eigenvalue weighted by atomic mass is 10.2. The van der Waals surface area contributed by atoms with Gasteiger partial charge in [0.2, 0.25) is 0 Å². The number of nitrogens with one attached hydrogen (secondary N) is 1. The van der Waals surface area contributed by atoms with Crippen LogP contribution in [-0.2, 0) is 0 Å². The van der Waals surface area contributed by atoms with Gasteiger partial charge in [0.25, 0.3) is 5.91 Å². The van der Waals surface area contributed by atoms with Gasteiger partial charge in [-0.05, 0) is 18.2 Å². The highest BCUT2D eigenvalue weighted by Gasteiger charge is 2.12. The van der Waals surface area contributed by atoms with Crippen LogP contribution in [-0.4, -0.2) is 13.0 Å². The number of carbonyl (C=O) groups excluding carboxylic acids is 1. The Labute approximate surface area is 107 Å². The van der Waals surface area contributed by atoms with Crippen LogP contribution in [0.1, 0.15) is 9.67 Å². The van der Waals surface area contributed by atoms with E-state index in [1.807, 2.05) is 0 Å². The molecule has 1 heterocycles. The van der Waals surface area contributed by atoms with Crippen molar-refractivity contribution in [1.82, 2.24) is 0 Å². The molecule has 18 heavy (non-hydrogen) atoms. The number of thiophene rings is 1. The molecule has 0 saturated carbocycles. The van der Waals surface area contributed by atoms with Crippen molar-refractivity contribution in [3.8, 4) is 5.75 Å². The molecule has 0 radical (unpaired) electrons. The van der Waals surface area contributed by atoms with E-state index in [9.17, 15) is 9.18 Å². The molecular weight excluding hydrogens is 255 g/mol. The van der Waals surface area contributed by atoms with Gasteiger partial charge in [-0.25, -0.2) is 4.39 Å². The SMILES string of the molecule is COc1csc(C(=O)Nc2ccc(N)cc2F)c1. The van der Waals surface area contributed by atoms with Crippen molar-refractivity contribution >= 4 is 28.6 Å². The highest BCUT2D eigenvalue weighted by Crippen LogP contribution is 2.23. The fourth-order valence-corrected chi connectivity index (χ4v) is 2.11. The number of amides is 1. The summed E-state index contributed by atoms with van der Waals surface area (Å²) in [4.78, 5) is 12.3. The molecule has 94 valence electrons. The molecule has 4 nitrogen and oxygen atoms in total. The first-order valence-electron chi connectivity index (χ1n) is 5.09. The molecule has 0 bridgehead atoms. The zero-order chi connectivity index (χ0) is 13.1. The summed E-state index contributed by atoms with van der Waals surface area (Å²) in [6.45, 7) is 0. The van der Waals surface area contributed by atoms with Crippen molar-refractivity contribution in [2.45, 2.75) is 0 Å². The van der Waals surface area contributed by atoms with Crippen LogP contribution in [0.25, 0.3) is 0 Å². The lowest BCUT2D eigenvalue weighted by Gasteiger charge is -2.05. The van der Waals surface area contributed by atoms with Crippen molar-refractivity contribution < 1.29 is 13.9 Å². The maximum atomic E-state index is 13.5. The van der Waals surface area contributed by atoms with E-state index in [2.05, 4.69) is 5.32 Å². The third kappa shape index (κ3) is 2.60. The molecule has 0 aliphatic carbocycles. The molecule has 0 fully saturated rings. The Kier molecular flexibility index (Phi) is 3.47. The number of rotatable bonds is 3. The Morgan fingerprint density at radius 3 is 2.83 bits per heavy atom. The minimum atomic E-state index is -0.563. The van der Waals surface area contributed by atoms with E-state index in [0.29, 0.717) is 16.3 Å². The van der Waals surface area contributed by atoms with E-state index in [0.717, 1.165) is 6.07 Å². The maximum Gasteiger partial charge on any atom is 0.265 e. The summed E-state index contributed by atoms with van der Waals surface area (Å²) in [7, 11) is 1.52. The lowest BCUT2D eigenvalue weighted by molar-refractivity contribution is 0.103. The molecule has 0 aliphatic heterocycles. The third-order valence-corrected chi connectivity index (χ3v) is 3.18. The minimum absolute atomic E-state index is 0.0987. The second-order valence-electron chi connectivity index (χ2n) is 3.54. The van der Waals surface area contributed by atoms with Gasteiger partial charge in [0.05, 0.1) is 17.7 Å². The molecule has 0 aliphatic rings.